The molecule has 4 nitrogen and oxygen atoms in total. The smallest absolute Gasteiger partial charge is 0.321 e. The summed E-state index contributed by atoms with van der Waals surface area (Å²) >= 11 is 12.3. The van der Waals surface area contributed by atoms with Crippen molar-refractivity contribution >= 4 is 29.2 Å². The molecule has 0 aliphatic carbocycles. The number of aliphatic carboxylic acids is 1. The second-order valence-corrected chi connectivity index (χ2v) is 8.38. The molecule has 0 aromatic heterocycles. The third-order valence-electron chi connectivity index (χ3n) is 6.06. The highest BCUT2D eigenvalue weighted by atomic mass is 35.5. The van der Waals surface area contributed by atoms with E-state index in [1.165, 1.54) is 0 Å². The standard InChI is InChI=1S/C22H26Cl2N2O2/c1-3-13(4-2)20-22(25,15-8-10-16(23)11-9-15)18(19(26-20)21(27)28)14-6-5-7-17(24)12-14/h5-13,18-20,26H,3-4,25H2,1-2H3,(H,27,28)/t18-,19+,20+,22-/m0/s1. The third-order valence-corrected chi connectivity index (χ3v) is 6.55. The Balaban J connectivity index is 2.23. The maximum absolute atomic E-state index is 12.2. The average molecular weight is 421 g/mol. The second-order valence-electron chi connectivity index (χ2n) is 7.51. The number of rotatable bonds is 6. The molecule has 4 atom stereocenters. The molecule has 1 aliphatic rings. The van der Waals surface area contributed by atoms with Crippen molar-refractivity contribution in [1.82, 2.24) is 5.32 Å². The van der Waals surface area contributed by atoms with E-state index in [4.69, 9.17) is 28.9 Å². The van der Waals surface area contributed by atoms with E-state index in [2.05, 4.69) is 19.2 Å². The van der Waals surface area contributed by atoms with E-state index in [9.17, 15) is 9.90 Å². The molecule has 0 radical (unpaired) electrons. The monoisotopic (exact) mass is 420 g/mol. The molecule has 3 rings (SSSR count). The fourth-order valence-corrected chi connectivity index (χ4v) is 4.99. The first-order chi connectivity index (χ1) is 13.3. The van der Waals surface area contributed by atoms with E-state index in [1.807, 2.05) is 30.3 Å². The van der Waals surface area contributed by atoms with Crippen molar-refractivity contribution in [1.29, 1.82) is 0 Å². The van der Waals surface area contributed by atoms with Crippen LogP contribution >= 0.6 is 23.2 Å². The van der Waals surface area contributed by atoms with Crippen LogP contribution in [0.5, 0.6) is 0 Å². The number of halogens is 2. The van der Waals surface area contributed by atoms with Gasteiger partial charge in [-0.25, -0.2) is 0 Å². The van der Waals surface area contributed by atoms with E-state index in [1.54, 1.807) is 18.2 Å². The van der Waals surface area contributed by atoms with Gasteiger partial charge in [-0.3, -0.25) is 10.1 Å². The van der Waals surface area contributed by atoms with E-state index >= 15 is 0 Å². The van der Waals surface area contributed by atoms with Gasteiger partial charge in [0.25, 0.3) is 0 Å². The SMILES string of the molecule is CCC(CC)[C@H]1N[C@@H](C(=O)O)[C@H](c2cccc(Cl)c2)[C@@]1(N)c1ccc(Cl)cc1. The summed E-state index contributed by atoms with van der Waals surface area (Å²) in [6.45, 7) is 4.22. The number of hydrogen-bond acceptors (Lipinski definition) is 3. The first-order valence-corrected chi connectivity index (χ1v) is 10.4. The van der Waals surface area contributed by atoms with E-state index in [-0.39, 0.29) is 12.0 Å². The van der Waals surface area contributed by atoms with Crippen LogP contribution in [0.25, 0.3) is 0 Å². The zero-order chi connectivity index (χ0) is 20.5. The average Bonchev–Trinajstić information content (AvgIpc) is 2.98. The molecule has 0 saturated carbocycles. The molecule has 2 aromatic carbocycles. The minimum absolute atomic E-state index is 0.200. The van der Waals surface area contributed by atoms with Crippen molar-refractivity contribution in [2.75, 3.05) is 0 Å². The van der Waals surface area contributed by atoms with Gasteiger partial charge in [0.15, 0.2) is 0 Å². The van der Waals surface area contributed by atoms with Gasteiger partial charge in [-0.15, -0.1) is 0 Å². The van der Waals surface area contributed by atoms with Crippen molar-refractivity contribution < 1.29 is 9.90 Å². The summed E-state index contributed by atoms with van der Waals surface area (Å²) in [5.41, 5.74) is 7.94. The molecule has 0 unspecified atom stereocenters. The normalized spacial score (nSPS) is 27.3. The van der Waals surface area contributed by atoms with Crippen LogP contribution in [0, 0.1) is 5.92 Å². The Morgan fingerprint density at radius 3 is 2.32 bits per heavy atom. The molecule has 150 valence electrons. The molecule has 1 fully saturated rings. The number of carboxylic acid groups (broad SMARTS) is 1. The van der Waals surface area contributed by atoms with E-state index in [0.717, 1.165) is 24.0 Å². The molecule has 1 aliphatic heterocycles. The van der Waals surface area contributed by atoms with Gasteiger partial charge in [0.1, 0.15) is 6.04 Å². The lowest BCUT2D eigenvalue weighted by Crippen LogP contribution is -2.53. The number of nitrogens with two attached hydrogens (primary N) is 1. The van der Waals surface area contributed by atoms with Gasteiger partial charge in [-0.2, -0.15) is 0 Å². The highest BCUT2D eigenvalue weighted by Crippen LogP contribution is 2.48. The van der Waals surface area contributed by atoms with Gasteiger partial charge < -0.3 is 10.8 Å². The lowest BCUT2D eigenvalue weighted by molar-refractivity contribution is -0.139. The molecular weight excluding hydrogens is 395 g/mol. The predicted octanol–water partition coefficient (Wildman–Crippen LogP) is 4.79. The number of carboxylic acids is 1. The van der Waals surface area contributed by atoms with Crippen molar-refractivity contribution in [3.8, 4) is 0 Å². The Hall–Kier alpha value is -1.59. The lowest BCUT2D eigenvalue weighted by Gasteiger charge is -2.40. The Labute approximate surface area is 176 Å². The van der Waals surface area contributed by atoms with Crippen molar-refractivity contribution in [2.24, 2.45) is 11.7 Å². The summed E-state index contributed by atoms with van der Waals surface area (Å²) in [5.74, 6) is -1.16. The largest absolute Gasteiger partial charge is 0.480 e. The van der Waals surface area contributed by atoms with Crippen LogP contribution in [0.3, 0.4) is 0 Å². The summed E-state index contributed by atoms with van der Waals surface area (Å²) in [7, 11) is 0. The number of nitrogens with one attached hydrogen (secondary N) is 1. The third kappa shape index (κ3) is 3.67. The zero-order valence-corrected chi connectivity index (χ0v) is 17.5. The molecule has 2 aromatic rings. The van der Waals surface area contributed by atoms with Crippen LogP contribution in [0.1, 0.15) is 43.7 Å². The fourth-order valence-electron chi connectivity index (χ4n) is 4.66. The summed E-state index contributed by atoms with van der Waals surface area (Å²) in [5, 5.41) is 14.6. The molecule has 1 heterocycles. The van der Waals surface area contributed by atoms with Crippen molar-refractivity contribution in [2.45, 2.75) is 50.2 Å². The molecule has 28 heavy (non-hydrogen) atoms. The maximum Gasteiger partial charge on any atom is 0.321 e. The van der Waals surface area contributed by atoms with Gasteiger partial charge in [0.05, 0.1) is 5.54 Å². The van der Waals surface area contributed by atoms with Crippen LogP contribution in [0.4, 0.5) is 0 Å². The lowest BCUT2D eigenvalue weighted by atomic mass is 9.68. The second kappa shape index (κ2) is 8.42. The predicted molar refractivity (Wildman–Crippen MR) is 114 cm³/mol. The van der Waals surface area contributed by atoms with Crippen LogP contribution < -0.4 is 11.1 Å². The Bertz CT molecular complexity index is 839. The van der Waals surface area contributed by atoms with E-state index in [0.29, 0.717) is 10.0 Å². The quantitative estimate of drug-likeness (QED) is 0.627. The molecular formula is C22H26Cl2N2O2. The van der Waals surface area contributed by atoms with E-state index < -0.39 is 23.5 Å². The van der Waals surface area contributed by atoms with Gasteiger partial charge >= 0.3 is 5.97 Å². The molecule has 6 heteroatoms. The maximum atomic E-state index is 12.2. The minimum Gasteiger partial charge on any atom is -0.480 e. The Morgan fingerprint density at radius 1 is 1.14 bits per heavy atom. The number of hydrogen-bond donors (Lipinski definition) is 3. The minimum atomic E-state index is -0.922. The molecule has 0 bridgehead atoms. The Morgan fingerprint density at radius 2 is 1.79 bits per heavy atom. The van der Waals surface area contributed by atoms with Gasteiger partial charge in [-0.1, -0.05) is 74.2 Å². The summed E-state index contributed by atoms with van der Waals surface area (Å²) in [4.78, 5) is 12.2. The van der Waals surface area contributed by atoms with Gasteiger partial charge in [-0.05, 0) is 41.3 Å². The molecule has 0 spiro atoms. The van der Waals surface area contributed by atoms with Crippen molar-refractivity contribution in [3.63, 3.8) is 0 Å². The van der Waals surface area contributed by atoms with Gasteiger partial charge in [0.2, 0.25) is 0 Å². The highest BCUT2D eigenvalue weighted by molar-refractivity contribution is 6.30. The van der Waals surface area contributed by atoms with Crippen molar-refractivity contribution in [3.05, 3.63) is 69.7 Å². The molecule has 4 N–H and O–H groups in total. The highest BCUT2D eigenvalue weighted by Gasteiger charge is 2.57. The van der Waals surface area contributed by atoms with Gasteiger partial charge in [0, 0.05) is 22.0 Å². The molecule has 1 saturated heterocycles. The van der Waals surface area contributed by atoms with Crippen LogP contribution in [0.15, 0.2) is 48.5 Å². The summed E-state index contributed by atoms with van der Waals surface area (Å²) in [6.07, 6.45) is 1.80. The first-order valence-electron chi connectivity index (χ1n) is 9.62. The first kappa shape index (κ1) is 21.1. The van der Waals surface area contributed by atoms with Crippen LogP contribution in [-0.4, -0.2) is 23.2 Å². The zero-order valence-electron chi connectivity index (χ0n) is 16.0. The Kier molecular flexibility index (Phi) is 6.35. The number of carbonyl (C=O) groups is 1. The van der Waals surface area contributed by atoms with Crippen LogP contribution in [-0.2, 0) is 10.3 Å². The molecule has 0 amide bonds. The van der Waals surface area contributed by atoms with Crippen LogP contribution in [0.2, 0.25) is 10.0 Å². The summed E-state index contributed by atoms with van der Waals surface area (Å²) in [6, 6.07) is 13.7. The topological polar surface area (TPSA) is 75.3 Å². The number of benzene rings is 2. The fraction of sp³-hybridized carbons (Fsp3) is 0.409. The summed E-state index contributed by atoms with van der Waals surface area (Å²) < 4.78 is 0.